The molecule has 0 bridgehead atoms. The van der Waals surface area contributed by atoms with Crippen LogP contribution in [-0.4, -0.2) is 0 Å². The van der Waals surface area contributed by atoms with Gasteiger partial charge in [-0.2, -0.15) is 6.42 Å². The fraction of sp³-hybridized carbons (Fsp3) is 0.917. The molecule has 78 valence electrons. The minimum absolute atomic E-state index is 0. The molecule has 0 spiro atoms. The van der Waals surface area contributed by atoms with E-state index >= 15 is 0 Å². The summed E-state index contributed by atoms with van der Waals surface area (Å²) in [6.45, 7) is 6.12. The van der Waals surface area contributed by atoms with E-state index < -0.39 is 0 Å². The van der Waals surface area contributed by atoms with Crippen molar-refractivity contribution in [3.05, 3.63) is 6.92 Å². The number of rotatable bonds is 9. The first kappa shape index (κ1) is 16.3. The second kappa shape index (κ2) is 15.4. The molecule has 0 aromatic heterocycles. The van der Waals surface area contributed by atoms with E-state index in [1.807, 2.05) is 0 Å². The molecule has 0 heterocycles. The van der Waals surface area contributed by atoms with E-state index in [0.29, 0.717) is 0 Å². The fourth-order valence-electron chi connectivity index (χ4n) is 1.49. The molecule has 0 aliphatic rings. The molecule has 0 radical (unpaired) electrons. The standard InChI is InChI=1S/C12H25.Zr/c1-3-5-7-9-11-12-10-8-6-4-2;/h1,3-12H2,2H3;/q-1;. The van der Waals surface area contributed by atoms with Crippen LogP contribution in [-0.2, 0) is 26.2 Å². The van der Waals surface area contributed by atoms with Gasteiger partial charge in [0.05, 0.1) is 0 Å². The van der Waals surface area contributed by atoms with Crippen molar-refractivity contribution in [3.63, 3.8) is 0 Å². The number of hydrogen-bond acceptors (Lipinski definition) is 0. The third-order valence-corrected chi connectivity index (χ3v) is 2.35. The molecule has 13 heavy (non-hydrogen) atoms. The van der Waals surface area contributed by atoms with Crippen molar-refractivity contribution in [2.24, 2.45) is 0 Å². The average Bonchev–Trinajstić information content (AvgIpc) is 2.10. The van der Waals surface area contributed by atoms with E-state index in [1.165, 1.54) is 57.8 Å². The Labute approximate surface area is 104 Å². The number of unbranched alkanes of at least 4 members (excludes halogenated alkanes) is 9. The zero-order chi connectivity index (χ0) is 9.07. The molecule has 0 amide bonds. The van der Waals surface area contributed by atoms with Gasteiger partial charge in [-0.3, -0.25) is 0 Å². The summed E-state index contributed by atoms with van der Waals surface area (Å²) in [5.74, 6) is 0. The molecule has 0 atom stereocenters. The molecule has 0 saturated heterocycles. The Hall–Kier alpha value is 0.883. The molecule has 0 aliphatic carbocycles. The van der Waals surface area contributed by atoms with Crippen LogP contribution in [0.5, 0.6) is 0 Å². The summed E-state index contributed by atoms with van der Waals surface area (Å²) in [5, 5.41) is 0. The molecule has 0 nitrogen and oxygen atoms in total. The van der Waals surface area contributed by atoms with E-state index in [-0.39, 0.29) is 26.2 Å². The van der Waals surface area contributed by atoms with Crippen molar-refractivity contribution in [2.45, 2.75) is 71.1 Å². The van der Waals surface area contributed by atoms with Gasteiger partial charge in [-0.05, 0) is 0 Å². The minimum atomic E-state index is 0. The molecule has 0 aromatic rings. The molecule has 1 heteroatoms. The van der Waals surface area contributed by atoms with Crippen LogP contribution in [0, 0.1) is 6.92 Å². The predicted molar refractivity (Wildman–Crippen MR) is 57.2 cm³/mol. The Balaban J connectivity index is 0. The van der Waals surface area contributed by atoms with Crippen molar-refractivity contribution in [1.82, 2.24) is 0 Å². The first-order valence-corrected chi connectivity index (χ1v) is 5.71. The maximum Gasteiger partial charge on any atom is 0 e. The quantitative estimate of drug-likeness (QED) is 0.415. The summed E-state index contributed by atoms with van der Waals surface area (Å²) in [7, 11) is 0. The van der Waals surface area contributed by atoms with E-state index in [0.717, 1.165) is 6.42 Å². The van der Waals surface area contributed by atoms with Crippen LogP contribution >= 0.6 is 0 Å². The van der Waals surface area contributed by atoms with Gasteiger partial charge in [-0.25, -0.2) is 0 Å². The molecule has 0 fully saturated rings. The Kier molecular flexibility index (Phi) is 19.3. The SMILES string of the molecule is [CH2-]CCCCCCCCCCC.[Zr]. The van der Waals surface area contributed by atoms with Gasteiger partial charge in [0.1, 0.15) is 0 Å². The summed E-state index contributed by atoms with van der Waals surface area (Å²) >= 11 is 0. The molecule has 0 saturated carbocycles. The van der Waals surface area contributed by atoms with Gasteiger partial charge in [-0.15, -0.1) is 0 Å². The van der Waals surface area contributed by atoms with Gasteiger partial charge in [0.15, 0.2) is 0 Å². The summed E-state index contributed by atoms with van der Waals surface area (Å²) in [6, 6.07) is 0. The van der Waals surface area contributed by atoms with Crippen LogP contribution in [0.3, 0.4) is 0 Å². The smallest absolute Gasteiger partial charge is 0 e. The molecular formula is C12H25Zr-. The van der Waals surface area contributed by atoms with Crippen LogP contribution in [0.4, 0.5) is 0 Å². The van der Waals surface area contributed by atoms with Gasteiger partial charge in [0.2, 0.25) is 0 Å². The molecule has 0 rings (SSSR count). The van der Waals surface area contributed by atoms with Gasteiger partial charge >= 0.3 is 0 Å². The maximum absolute atomic E-state index is 3.84. The van der Waals surface area contributed by atoms with Crippen LogP contribution in [0.2, 0.25) is 0 Å². The summed E-state index contributed by atoms with van der Waals surface area (Å²) in [4.78, 5) is 0. The molecular weight excluding hydrogens is 235 g/mol. The van der Waals surface area contributed by atoms with E-state index in [2.05, 4.69) is 13.8 Å². The van der Waals surface area contributed by atoms with Crippen LogP contribution in [0.1, 0.15) is 71.1 Å². The van der Waals surface area contributed by atoms with Gasteiger partial charge in [-0.1, -0.05) is 64.7 Å². The normalized spacial score (nSPS) is 9.69. The minimum Gasteiger partial charge on any atom is -0.343 e. The maximum atomic E-state index is 3.84. The fourth-order valence-corrected chi connectivity index (χ4v) is 1.49. The van der Waals surface area contributed by atoms with Crippen molar-refractivity contribution in [3.8, 4) is 0 Å². The molecule has 0 N–H and O–H groups in total. The predicted octanol–water partition coefficient (Wildman–Crippen LogP) is 4.74. The zero-order valence-corrected chi connectivity index (χ0v) is 11.7. The van der Waals surface area contributed by atoms with Gasteiger partial charge in [0, 0.05) is 26.2 Å². The Morgan fingerprint density at radius 3 is 1.46 bits per heavy atom. The van der Waals surface area contributed by atoms with Crippen LogP contribution in [0.25, 0.3) is 0 Å². The Bertz CT molecular complexity index is 61.5. The number of hydrogen-bond donors (Lipinski definition) is 0. The second-order valence-electron chi connectivity index (χ2n) is 3.68. The van der Waals surface area contributed by atoms with E-state index in [9.17, 15) is 0 Å². The van der Waals surface area contributed by atoms with Gasteiger partial charge in [0.25, 0.3) is 0 Å². The van der Waals surface area contributed by atoms with E-state index in [1.54, 1.807) is 0 Å². The van der Waals surface area contributed by atoms with Crippen molar-refractivity contribution < 1.29 is 26.2 Å². The molecule has 0 aliphatic heterocycles. The topological polar surface area (TPSA) is 0 Å². The van der Waals surface area contributed by atoms with Crippen molar-refractivity contribution in [2.75, 3.05) is 0 Å². The first-order valence-electron chi connectivity index (χ1n) is 5.71. The van der Waals surface area contributed by atoms with Crippen molar-refractivity contribution in [1.29, 1.82) is 0 Å². The third kappa shape index (κ3) is 15.6. The van der Waals surface area contributed by atoms with Crippen molar-refractivity contribution >= 4 is 0 Å². The monoisotopic (exact) mass is 259 g/mol. The zero-order valence-electron chi connectivity index (χ0n) is 9.28. The van der Waals surface area contributed by atoms with Crippen LogP contribution in [0.15, 0.2) is 0 Å². The summed E-state index contributed by atoms with van der Waals surface area (Å²) in [5.41, 5.74) is 0. The van der Waals surface area contributed by atoms with E-state index in [4.69, 9.17) is 0 Å². The molecule has 0 unspecified atom stereocenters. The second-order valence-corrected chi connectivity index (χ2v) is 3.68. The summed E-state index contributed by atoms with van der Waals surface area (Å²) < 4.78 is 0. The largest absolute Gasteiger partial charge is 0.343 e. The molecule has 0 aromatic carbocycles. The summed E-state index contributed by atoms with van der Waals surface area (Å²) in [6.07, 6.45) is 13.9. The Morgan fingerprint density at radius 1 is 0.692 bits per heavy atom. The first-order chi connectivity index (χ1) is 5.91. The Morgan fingerprint density at radius 2 is 1.08 bits per heavy atom. The van der Waals surface area contributed by atoms with Gasteiger partial charge < -0.3 is 6.92 Å². The van der Waals surface area contributed by atoms with Crippen LogP contribution < -0.4 is 0 Å². The average molecular weight is 261 g/mol. The third-order valence-electron chi connectivity index (χ3n) is 2.35.